The molecule has 1 heterocycles. The molecule has 0 radical (unpaired) electrons. The van der Waals surface area contributed by atoms with E-state index in [4.69, 9.17) is 0 Å². The summed E-state index contributed by atoms with van der Waals surface area (Å²) in [4.78, 5) is 16.6. The lowest BCUT2D eigenvalue weighted by Crippen LogP contribution is -2.41. The Hall–Kier alpha value is -3.03. The van der Waals surface area contributed by atoms with Crippen molar-refractivity contribution in [3.8, 4) is 5.75 Å². The van der Waals surface area contributed by atoms with Gasteiger partial charge in [-0.05, 0) is 45.4 Å². The predicted octanol–water partition coefficient (Wildman–Crippen LogP) is 1.58. The van der Waals surface area contributed by atoms with Gasteiger partial charge in [0.2, 0.25) is 0 Å². The van der Waals surface area contributed by atoms with Crippen molar-refractivity contribution in [3.05, 3.63) is 47.3 Å². The SMILES string of the molecule is CCNC(=NCCCn1nc(C)cc1C)NCCNC(=O)c1ccccc1O. The van der Waals surface area contributed by atoms with Crippen LogP contribution < -0.4 is 16.0 Å². The third-order valence-electron chi connectivity index (χ3n) is 4.10. The minimum absolute atomic E-state index is 0.0227. The van der Waals surface area contributed by atoms with E-state index in [1.807, 2.05) is 18.5 Å². The molecule has 0 fully saturated rings. The molecule has 0 atom stereocenters. The number of nitrogens with zero attached hydrogens (tertiary/aromatic N) is 3. The minimum atomic E-state index is -0.299. The number of aryl methyl sites for hydroxylation is 3. The van der Waals surface area contributed by atoms with Gasteiger partial charge in [0.25, 0.3) is 5.91 Å². The molecule has 0 saturated heterocycles. The highest BCUT2D eigenvalue weighted by Gasteiger charge is 2.09. The van der Waals surface area contributed by atoms with Crippen molar-refractivity contribution >= 4 is 11.9 Å². The standard InChI is InChI=1S/C20H30N6O2/c1-4-21-20(23-10-7-13-26-16(3)14-15(2)25-26)24-12-11-22-19(28)17-8-5-6-9-18(17)27/h5-6,8-9,14,27H,4,7,10-13H2,1-3H3,(H,22,28)(H2,21,23,24). The van der Waals surface area contributed by atoms with Gasteiger partial charge in [-0.3, -0.25) is 14.5 Å². The summed E-state index contributed by atoms with van der Waals surface area (Å²) in [6, 6.07) is 8.55. The van der Waals surface area contributed by atoms with E-state index in [0.717, 1.165) is 30.9 Å². The predicted molar refractivity (Wildman–Crippen MR) is 111 cm³/mol. The van der Waals surface area contributed by atoms with Crippen molar-refractivity contribution in [3.63, 3.8) is 0 Å². The number of amides is 1. The van der Waals surface area contributed by atoms with Gasteiger partial charge in [0, 0.05) is 38.4 Å². The van der Waals surface area contributed by atoms with Gasteiger partial charge < -0.3 is 21.1 Å². The quantitative estimate of drug-likeness (QED) is 0.298. The zero-order valence-corrected chi connectivity index (χ0v) is 16.8. The molecule has 28 heavy (non-hydrogen) atoms. The normalized spacial score (nSPS) is 11.3. The van der Waals surface area contributed by atoms with Gasteiger partial charge in [0.15, 0.2) is 5.96 Å². The van der Waals surface area contributed by atoms with Crippen LogP contribution in [-0.4, -0.2) is 52.9 Å². The van der Waals surface area contributed by atoms with Crippen molar-refractivity contribution in [2.75, 3.05) is 26.2 Å². The van der Waals surface area contributed by atoms with Crippen molar-refractivity contribution in [1.29, 1.82) is 0 Å². The molecule has 0 bridgehead atoms. The fourth-order valence-electron chi connectivity index (χ4n) is 2.77. The zero-order valence-electron chi connectivity index (χ0n) is 16.8. The van der Waals surface area contributed by atoms with Crippen LogP contribution in [0.1, 0.15) is 35.1 Å². The first-order chi connectivity index (χ1) is 13.5. The number of aromatic hydroxyl groups is 1. The van der Waals surface area contributed by atoms with Gasteiger partial charge in [-0.2, -0.15) is 5.10 Å². The maximum atomic E-state index is 12.1. The summed E-state index contributed by atoms with van der Waals surface area (Å²) in [5, 5.41) is 23.3. The second-order valence-electron chi connectivity index (χ2n) is 6.46. The Morgan fingerprint density at radius 1 is 1.18 bits per heavy atom. The van der Waals surface area contributed by atoms with Crippen molar-refractivity contribution in [1.82, 2.24) is 25.7 Å². The fraction of sp³-hybridized carbons (Fsp3) is 0.450. The molecule has 0 unspecified atom stereocenters. The molecule has 1 aromatic heterocycles. The highest BCUT2D eigenvalue weighted by Crippen LogP contribution is 2.14. The molecule has 2 aromatic rings. The van der Waals surface area contributed by atoms with Crippen molar-refractivity contribution < 1.29 is 9.90 Å². The maximum Gasteiger partial charge on any atom is 0.255 e. The summed E-state index contributed by atoms with van der Waals surface area (Å²) >= 11 is 0. The Kier molecular flexibility index (Phi) is 8.33. The molecule has 0 spiro atoms. The monoisotopic (exact) mass is 386 g/mol. The third-order valence-corrected chi connectivity index (χ3v) is 4.10. The zero-order chi connectivity index (χ0) is 20.4. The first-order valence-corrected chi connectivity index (χ1v) is 9.60. The molecular formula is C20H30N6O2. The lowest BCUT2D eigenvalue weighted by Gasteiger charge is -2.12. The van der Waals surface area contributed by atoms with Crippen molar-refractivity contribution in [2.24, 2.45) is 4.99 Å². The Labute approximate surface area is 166 Å². The van der Waals surface area contributed by atoms with E-state index < -0.39 is 0 Å². The number of aromatic nitrogens is 2. The van der Waals surface area contributed by atoms with Crippen LogP contribution in [0.3, 0.4) is 0 Å². The van der Waals surface area contributed by atoms with Gasteiger partial charge in [-0.15, -0.1) is 0 Å². The van der Waals surface area contributed by atoms with Gasteiger partial charge in [-0.1, -0.05) is 12.1 Å². The van der Waals surface area contributed by atoms with E-state index in [2.05, 4.69) is 39.0 Å². The molecule has 8 heteroatoms. The number of hydrogen-bond donors (Lipinski definition) is 4. The van der Waals surface area contributed by atoms with E-state index in [0.29, 0.717) is 25.6 Å². The fourth-order valence-corrected chi connectivity index (χ4v) is 2.77. The van der Waals surface area contributed by atoms with E-state index in [1.165, 1.54) is 6.07 Å². The topological polar surface area (TPSA) is 104 Å². The number of phenols is 1. The van der Waals surface area contributed by atoms with E-state index >= 15 is 0 Å². The number of hydrogen-bond acceptors (Lipinski definition) is 4. The van der Waals surface area contributed by atoms with Crippen LogP contribution in [0.2, 0.25) is 0 Å². The van der Waals surface area contributed by atoms with Gasteiger partial charge >= 0.3 is 0 Å². The van der Waals surface area contributed by atoms with Gasteiger partial charge in [0.1, 0.15) is 5.75 Å². The lowest BCUT2D eigenvalue weighted by atomic mass is 10.2. The number of para-hydroxylation sites is 1. The molecule has 2 rings (SSSR count). The Morgan fingerprint density at radius 3 is 2.61 bits per heavy atom. The number of carbonyl (C=O) groups excluding carboxylic acids is 1. The Bertz CT molecular complexity index is 800. The Morgan fingerprint density at radius 2 is 1.93 bits per heavy atom. The molecule has 152 valence electrons. The molecule has 0 aliphatic carbocycles. The second-order valence-corrected chi connectivity index (χ2v) is 6.46. The third kappa shape index (κ3) is 6.61. The van der Waals surface area contributed by atoms with Crippen LogP contribution in [0.25, 0.3) is 0 Å². The second kappa shape index (κ2) is 11.0. The van der Waals surface area contributed by atoms with Crippen LogP contribution in [0.4, 0.5) is 0 Å². The van der Waals surface area contributed by atoms with Crippen LogP contribution in [0, 0.1) is 13.8 Å². The molecule has 0 saturated carbocycles. The van der Waals surface area contributed by atoms with Crippen molar-refractivity contribution in [2.45, 2.75) is 33.7 Å². The summed E-state index contributed by atoms with van der Waals surface area (Å²) in [6.45, 7) is 9.27. The molecule has 0 aliphatic rings. The summed E-state index contributed by atoms with van der Waals surface area (Å²) < 4.78 is 2.00. The first-order valence-electron chi connectivity index (χ1n) is 9.60. The van der Waals surface area contributed by atoms with Gasteiger partial charge in [-0.25, -0.2) is 0 Å². The summed E-state index contributed by atoms with van der Waals surface area (Å²) in [5.41, 5.74) is 2.46. The molecule has 8 nitrogen and oxygen atoms in total. The average Bonchev–Trinajstić information content (AvgIpc) is 2.99. The first kappa shape index (κ1) is 21.3. The maximum absolute atomic E-state index is 12.1. The Balaban J connectivity index is 1.72. The average molecular weight is 387 g/mol. The van der Waals surface area contributed by atoms with E-state index in [-0.39, 0.29) is 17.2 Å². The van der Waals surface area contributed by atoms with Gasteiger partial charge in [0.05, 0.1) is 11.3 Å². The van der Waals surface area contributed by atoms with E-state index in [1.54, 1.807) is 18.2 Å². The summed E-state index contributed by atoms with van der Waals surface area (Å²) in [5.74, 6) is 0.393. The number of nitrogens with one attached hydrogen (secondary N) is 3. The van der Waals surface area contributed by atoms with Crippen LogP contribution >= 0.6 is 0 Å². The van der Waals surface area contributed by atoms with Crippen LogP contribution in [0.5, 0.6) is 5.75 Å². The highest BCUT2D eigenvalue weighted by atomic mass is 16.3. The smallest absolute Gasteiger partial charge is 0.255 e. The molecule has 1 aromatic carbocycles. The minimum Gasteiger partial charge on any atom is -0.507 e. The summed E-state index contributed by atoms with van der Waals surface area (Å²) in [6.07, 6.45) is 0.891. The number of rotatable bonds is 9. The lowest BCUT2D eigenvalue weighted by molar-refractivity contribution is 0.0951. The number of carbonyl (C=O) groups is 1. The largest absolute Gasteiger partial charge is 0.507 e. The number of aliphatic imine (C=N–C) groups is 1. The summed E-state index contributed by atoms with van der Waals surface area (Å²) in [7, 11) is 0. The molecular weight excluding hydrogens is 356 g/mol. The number of benzene rings is 1. The highest BCUT2D eigenvalue weighted by molar-refractivity contribution is 5.96. The molecule has 0 aliphatic heterocycles. The van der Waals surface area contributed by atoms with Crippen LogP contribution in [-0.2, 0) is 6.54 Å². The van der Waals surface area contributed by atoms with Crippen LogP contribution in [0.15, 0.2) is 35.3 Å². The van der Waals surface area contributed by atoms with E-state index in [9.17, 15) is 9.90 Å². The number of phenolic OH excluding ortho intramolecular Hbond substituents is 1. The molecule has 1 amide bonds. The number of guanidine groups is 1. The molecule has 4 N–H and O–H groups in total.